The SMILES string of the molecule is CC.CC(=O)NC1S[C@@H]2C(c3cccs3)C(=O)N2C=C1C(=O)O. The van der Waals surface area contributed by atoms with Crippen LogP contribution in [0.25, 0.3) is 0 Å². The number of hydrogen-bond donors (Lipinski definition) is 2. The number of fused-ring (bicyclic) bond motifs is 1. The van der Waals surface area contributed by atoms with E-state index in [0.717, 1.165) is 4.88 Å². The number of carbonyl (C=O) groups excluding carboxylic acids is 2. The molecule has 23 heavy (non-hydrogen) atoms. The minimum Gasteiger partial charge on any atom is -0.478 e. The van der Waals surface area contributed by atoms with Crippen molar-refractivity contribution in [2.24, 2.45) is 0 Å². The van der Waals surface area contributed by atoms with E-state index in [9.17, 15) is 19.5 Å². The maximum Gasteiger partial charge on any atom is 0.336 e. The lowest BCUT2D eigenvalue weighted by Gasteiger charge is -2.48. The van der Waals surface area contributed by atoms with Gasteiger partial charge in [0.15, 0.2) is 0 Å². The Morgan fingerprint density at radius 2 is 2.04 bits per heavy atom. The number of hydrogen-bond acceptors (Lipinski definition) is 5. The lowest BCUT2D eigenvalue weighted by Crippen LogP contribution is -2.59. The fourth-order valence-corrected chi connectivity index (χ4v) is 4.86. The van der Waals surface area contributed by atoms with E-state index < -0.39 is 11.3 Å². The lowest BCUT2D eigenvalue weighted by atomic mass is 9.96. The van der Waals surface area contributed by atoms with Crippen molar-refractivity contribution in [3.8, 4) is 0 Å². The predicted molar refractivity (Wildman–Crippen MR) is 90.0 cm³/mol. The number of carboxylic acids is 1. The zero-order valence-electron chi connectivity index (χ0n) is 13.0. The van der Waals surface area contributed by atoms with Crippen LogP contribution < -0.4 is 5.32 Å². The molecule has 2 aliphatic rings. The van der Waals surface area contributed by atoms with E-state index in [1.54, 1.807) is 0 Å². The van der Waals surface area contributed by atoms with E-state index in [-0.39, 0.29) is 28.7 Å². The lowest BCUT2D eigenvalue weighted by molar-refractivity contribution is -0.140. The molecular formula is C15H18N2O4S2. The Hall–Kier alpha value is -1.80. The van der Waals surface area contributed by atoms with Crippen LogP contribution in [0.5, 0.6) is 0 Å². The molecule has 6 nitrogen and oxygen atoms in total. The summed E-state index contributed by atoms with van der Waals surface area (Å²) >= 11 is 2.79. The van der Waals surface area contributed by atoms with Gasteiger partial charge in [-0.3, -0.25) is 9.59 Å². The maximum atomic E-state index is 12.2. The van der Waals surface area contributed by atoms with Crippen LogP contribution in [0.4, 0.5) is 0 Å². The number of carbonyl (C=O) groups is 3. The summed E-state index contributed by atoms with van der Waals surface area (Å²) in [7, 11) is 0. The minimum atomic E-state index is -1.13. The van der Waals surface area contributed by atoms with Crippen LogP contribution in [0.15, 0.2) is 29.3 Å². The van der Waals surface area contributed by atoms with Crippen molar-refractivity contribution in [3.05, 3.63) is 34.2 Å². The van der Waals surface area contributed by atoms with E-state index in [4.69, 9.17) is 0 Å². The molecule has 0 bridgehead atoms. The molecule has 1 aromatic heterocycles. The van der Waals surface area contributed by atoms with Gasteiger partial charge in [-0.25, -0.2) is 4.79 Å². The number of rotatable bonds is 3. The molecule has 8 heteroatoms. The van der Waals surface area contributed by atoms with Crippen LogP contribution in [0.3, 0.4) is 0 Å². The molecule has 3 atom stereocenters. The van der Waals surface area contributed by atoms with Crippen molar-refractivity contribution in [1.82, 2.24) is 10.2 Å². The van der Waals surface area contributed by atoms with Gasteiger partial charge >= 0.3 is 5.97 Å². The van der Waals surface area contributed by atoms with Gasteiger partial charge in [0.2, 0.25) is 11.8 Å². The van der Waals surface area contributed by atoms with Gasteiger partial charge in [0, 0.05) is 18.0 Å². The van der Waals surface area contributed by atoms with Gasteiger partial charge < -0.3 is 15.3 Å². The third-order valence-electron chi connectivity index (χ3n) is 3.35. The number of amides is 2. The monoisotopic (exact) mass is 354 g/mol. The highest BCUT2D eigenvalue weighted by molar-refractivity contribution is 8.00. The Morgan fingerprint density at radius 3 is 2.57 bits per heavy atom. The molecule has 1 fully saturated rings. The molecule has 3 rings (SSSR count). The largest absolute Gasteiger partial charge is 0.478 e. The van der Waals surface area contributed by atoms with Crippen LogP contribution >= 0.6 is 23.1 Å². The Balaban J connectivity index is 0.000000924. The Kier molecular flexibility index (Phi) is 5.48. The van der Waals surface area contributed by atoms with Crippen molar-refractivity contribution in [3.63, 3.8) is 0 Å². The summed E-state index contributed by atoms with van der Waals surface area (Å²) in [6.45, 7) is 5.34. The molecule has 2 N–H and O–H groups in total. The highest BCUT2D eigenvalue weighted by Gasteiger charge is 2.52. The maximum absolute atomic E-state index is 12.2. The smallest absolute Gasteiger partial charge is 0.336 e. The van der Waals surface area contributed by atoms with Crippen molar-refractivity contribution in [2.45, 2.75) is 37.4 Å². The Morgan fingerprint density at radius 1 is 1.35 bits per heavy atom. The predicted octanol–water partition coefficient (Wildman–Crippen LogP) is 2.20. The van der Waals surface area contributed by atoms with Crippen LogP contribution in [0.2, 0.25) is 0 Å². The van der Waals surface area contributed by atoms with Gasteiger partial charge in [-0.05, 0) is 11.4 Å². The number of carboxylic acid groups (broad SMARTS) is 1. The Labute approximate surface area is 142 Å². The first-order valence-corrected chi connectivity index (χ1v) is 9.04. The van der Waals surface area contributed by atoms with Crippen LogP contribution in [0, 0.1) is 0 Å². The minimum absolute atomic E-state index is 0.0180. The summed E-state index contributed by atoms with van der Waals surface area (Å²) in [5.74, 6) is -1.80. The summed E-state index contributed by atoms with van der Waals surface area (Å²) in [6.07, 6.45) is 1.34. The summed E-state index contributed by atoms with van der Waals surface area (Å²) in [5.41, 5.74) is 0.0180. The van der Waals surface area contributed by atoms with Gasteiger partial charge in [-0.2, -0.15) is 0 Å². The van der Waals surface area contributed by atoms with Gasteiger partial charge in [0.05, 0.1) is 5.57 Å². The molecule has 1 saturated heterocycles. The van der Waals surface area contributed by atoms with Crippen molar-refractivity contribution in [2.75, 3.05) is 0 Å². The highest BCUT2D eigenvalue weighted by Crippen LogP contribution is 2.48. The molecule has 2 amide bonds. The second-order valence-corrected chi connectivity index (χ2v) is 6.94. The van der Waals surface area contributed by atoms with Crippen molar-refractivity contribution < 1.29 is 19.5 Å². The number of thiophene rings is 1. The van der Waals surface area contributed by atoms with Crippen molar-refractivity contribution in [1.29, 1.82) is 0 Å². The van der Waals surface area contributed by atoms with Crippen molar-refractivity contribution >= 4 is 40.9 Å². The molecule has 2 aliphatic heterocycles. The number of thioether (sulfide) groups is 1. The molecule has 0 aliphatic carbocycles. The molecule has 0 spiro atoms. The summed E-state index contributed by atoms with van der Waals surface area (Å²) in [4.78, 5) is 37.1. The van der Waals surface area contributed by atoms with Crippen LogP contribution in [-0.2, 0) is 14.4 Å². The van der Waals surface area contributed by atoms with Crippen LogP contribution in [-0.4, -0.2) is 38.5 Å². The second-order valence-electron chi connectivity index (χ2n) is 4.74. The molecule has 124 valence electrons. The number of nitrogens with one attached hydrogen (secondary N) is 1. The quantitative estimate of drug-likeness (QED) is 0.813. The average molecular weight is 354 g/mol. The Bertz CT molecular complexity index is 642. The molecule has 0 saturated carbocycles. The number of β-lactam (4-membered cyclic amide) rings is 1. The normalized spacial score (nSPS) is 25.3. The summed E-state index contributed by atoms with van der Waals surface area (Å²) in [6, 6.07) is 3.78. The molecule has 0 radical (unpaired) electrons. The zero-order chi connectivity index (χ0) is 17.1. The van der Waals surface area contributed by atoms with E-state index in [1.165, 1.54) is 41.1 Å². The fraction of sp³-hybridized carbons (Fsp3) is 0.400. The highest BCUT2D eigenvalue weighted by atomic mass is 32.2. The topological polar surface area (TPSA) is 86.7 Å². The van der Waals surface area contributed by atoms with Gasteiger partial charge in [0.25, 0.3) is 0 Å². The van der Waals surface area contributed by atoms with E-state index in [2.05, 4.69) is 5.32 Å². The zero-order valence-corrected chi connectivity index (χ0v) is 14.6. The second kappa shape index (κ2) is 7.18. The standard InChI is InChI=1S/C13H12N2O4S2.C2H6/c1-6(16)14-10-7(13(18)19)5-15-11(17)9(12(15)21-10)8-3-2-4-20-8;1-2/h2-5,9-10,12H,1H3,(H,14,16)(H,18,19);1-2H3/t9?,10?,12-;/m1./s1. The summed E-state index contributed by atoms with van der Waals surface area (Å²) in [5, 5.41) is 12.9. The number of nitrogens with zero attached hydrogens (tertiary/aromatic N) is 1. The number of aliphatic carboxylic acids is 1. The first kappa shape index (κ1) is 17.6. The third-order valence-corrected chi connectivity index (χ3v) is 5.72. The molecule has 3 heterocycles. The first-order chi connectivity index (χ1) is 11.0. The van der Waals surface area contributed by atoms with Gasteiger partial charge in [0.1, 0.15) is 16.7 Å². The van der Waals surface area contributed by atoms with Crippen LogP contribution in [0.1, 0.15) is 31.6 Å². The van der Waals surface area contributed by atoms with E-state index >= 15 is 0 Å². The summed E-state index contributed by atoms with van der Waals surface area (Å²) < 4.78 is 0. The van der Waals surface area contributed by atoms with Gasteiger partial charge in [-0.15, -0.1) is 23.1 Å². The molecule has 0 aromatic carbocycles. The van der Waals surface area contributed by atoms with E-state index in [0.29, 0.717) is 0 Å². The molecular weight excluding hydrogens is 336 g/mol. The first-order valence-electron chi connectivity index (χ1n) is 7.22. The fourth-order valence-electron chi connectivity index (χ4n) is 2.39. The molecule has 1 aromatic rings. The van der Waals surface area contributed by atoms with Gasteiger partial charge in [-0.1, -0.05) is 19.9 Å². The van der Waals surface area contributed by atoms with E-state index in [1.807, 2.05) is 31.4 Å². The third kappa shape index (κ3) is 3.28. The molecule has 2 unspecified atom stereocenters. The average Bonchev–Trinajstić information content (AvgIpc) is 3.01.